The van der Waals surface area contributed by atoms with Crippen LogP contribution in [0.5, 0.6) is 0 Å². The van der Waals surface area contributed by atoms with Crippen molar-refractivity contribution in [3.05, 3.63) is 64.2 Å². The highest BCUT2D eigenvalue weighted by atomic mass is 35.5. The number of nitrogens with zero attached hydrogens (tertiary/aromatic N) is 2. The minimum atomic E-state index is -5.08. The first-order chi connectivity index (χ1) is 13.7. The van der Waals surface area contributed by atoms with Crippen LogP contribution in [0.3, 0.4) is 0 Å². The lowest BCUT2D eigenvalue weighted by molar-refractivity contribution is -0.192. The Kier molecular flexibility index (Phi) is 6.09. The second-order valence-electron chi connectivity index (χ2n) is 6.36. The number of carboxylic acid groups (broad SMARTS) is 1. The number of rotatable bonds is 2. The quantitative estimate of drug-likeness (QED) is 0.600. The van der Waals surface area contributed by atoms with Gasteiger partial charge in [-0.3, -0.25) is 0 Å². The number of hydrogen-bond acceptors (Lipinski definition) is 3. The third-order valence-electron chi connectivity index (χ3n) is 4.36. The molecule has 10 heteroatoms. The van der Waals surface area contributed by atoms with E-state index >= 15 is 0 Å². The van der Waals surface area contributed by atoms with E-state index in [1.807, 2.05) is 18.2 Å². The highest BCUT2D eigenvalue weighted by Crippen LogP contribution is 2.25. The summed E-state index contributed by atoms with van der Waals surface area (Å²) in [6, 6.07) is 10.9. The van der Waals surface area contributed by atoms with Gasteiger partial charge in [0, 0.05) is 24.5 Å². The van der Waals surface area contributed by atoms with E-state index < -0.39 is 12.1 Å². The fourth-order valence-corrected chi connectivity index (χ4v) is 3.25. The molecule has 1 aliphatic heterocycles. The smallest absolute Gasteiger partial charge is 0.475 e. The van der Waals surface area contributed by atoms with Gasteiger partial charge in [-0.2, -0.15) is 13.2 Å². The van der Waals surface area contributed by atoms with Crippen LogP contribution < -0.4 is 5.32 Å². The Bertz CT molecular complexity index is 1050. The van der Waals surface area contributed by atoms with Gasteiger partial charge in [0.05, 0.1) is 17.6 Å². The SMILES string of the molecule is Fc1cc(Cl)ccc1Cc1cccc2nc3n(c12)CCNC3.O=C(O)C(F)(F)F. The minimum Gasteiger partial charge on any atom is -0.475 e. The second-order valence-corrected chi connectivity index (χ2v) is 6.79. The topological polar surface area (TPSA) is 67.2 Å². The zero-order chi connectivity index (χ0) is 21.2. The summed E-state index contributed by atoms with van der Waals surface area (Å²) < 4.78 is 48.1. The zero-order valence-corrected chi connectivity index (χ0v) is 15.7. The lowest BCUT2D eigenvalue weighted by Gasteiger charge is -2.17. The van der Waals surface area contributed by atoms with Crippen LogP contribution in [0.2, 0.25) is 5.02 Å². The van der Waals surface area contributed by atoms with Gasteiger partial charge >= 0.3 is 12.1 Å². The number of carboxylic acids is 1. The molecule has 3 aromatic rings. The van der Waals surface area contributed by atoms with Crippen molar-refractivity contribution in [1.82, 2.24) is 14.9 Å². The number of aliphatic carboxylic acids is 1. The summed E-state index contributed by atoms with van der Waals surface area (Å²) in [7, 11) is 0. The van der Waals surface area contributed by atoms with E-state index in [9.17, 15) is 17.6 Å². The maximum Gasteiger partial charge on any atom is 0.490 e. The first-order valence-corrected chi connectivity index (χ1v) is 8.96. The van der Waals surface area contributed by atoms with Gasteiger partial charge < -0.3 is 15.0 Å². The van der Waals surface area contributed by atoms with Gasteiger partial charge in [0.1, 0.15) is 11.6 Å². The number of para-hydroxylation sites is 1. The maximum absolute atomic E-state index is 14.1. The Balaban J connectivity index is 0.000000298. The van der Waals surface area contributed by atoms with E-state index in [0.717, 1.165) is 42.1 Å². The van der Waals surface area contributed by atoms with Crippen molar-refractivity contribution in [2.45, 2.75) is 25.7 Å². The molecule has 4 rings (SSSR count). The van der Waals surface area contributed by atoms with Gasteiger partial charge in [-0.25, -0.2) is 14.2 Å². The predicted octanol–water partition coefficient (Wildman–Crippen LogP) is 4.16. The van der Waals surface area contributed by atoms with Gasteiger partial charge in [0.15, 0.2) is 0 Å². The number of fused-ring (bicyclic) bond motifs is 3. The molecule has 1 aromatic heterocycles. The molecular formula is C19H16ClF4N3O2. The Labute approximate surface area is 167 Å². The number of aromatic nitrogens is 2. The molecule has 2 N–H and O–H groups in total. The molecule has 1 aliphatic rings. The van der Waals surface area contributed by atoms with Crippen LogP contribution in [0.4, 0.5) is 17.6 Å². The van der Waals surface area contributed by atoms with E-state index in [-0.39, 0.29) is 5.82 Å². The highest BCUT2D eigenvalue weighted by molar-refractivity contribution is 6.30. The molecule has 0 amide bonds. The molecule has 29 heavy (non-hydrogen) atoms. The van der Waals surface area contributed by atoms with Crippen molar-refractivity contribution in [3.8, 4) is 0 Å². The third kappa shape index (κ3) is 4.86. The molecule has 0 radical (unpaired) electrons. The lowest BCUT2D eigenvalue weighted by Crippen LogP contribution is -2.28. The van der Waals surface area contributed by atoms with Gasteiger partial charge in [0.25, 0.3) is 0 Å². The summed E-state index contributed by atoms with van der Waals surface area (Å²) in [5.74, 6) is -1.97. The molecule has 2 heterocycles. The number of nitrogens with one attached hydrogen (secondary N) is 1. The largest absolute Gasteiger partial charge is 0.490 e. The van der Waals surface area contributed by atoms with E-state index in [2.05, 4.69) is 14.9 Å². The molecule has 0 atom stereocenters. The molecule has 0 saturated heterocycles. The number of hydrogen-bond donors (Lipinski definition) is 2. The van der Waals surface area contributed by atoms with Crippen LogP contribution in [0, 0.1) is 5.82 Å². The Morgan fingerprint density at radius 3 is 2.62 bits per heavy atom. The van der Waals surface area contributed by atoms with Gasteiger partial charge in [-0.15, -0.1) is 0 Å². The summed E-state index contributed by atoms with van der Waals surface area (Å²) in [5, 5.41) is 10.9. The fourth-order valence-electron chi connectivity index (χ4n) is 3.09. The molecule has 154 valence electrons. The second kappa shape index (κ2) is 8.38. The van der Waals surface area contributed by atoms with Crippen LogP contribution in [-0.2, 0) is 24.3 Å². The fraction of sp³-hybridized carbons (Fsp3) is 0.263. The minimum absolute atomic E-state index is 0.260. The van der Waals surface area contributed by atoms with Crippen molar-refractivity contribution in [2.75, 3.05) is 6.54 Å². The molecule has 0 saturated carbocycles. The average Bonchev–Trinajstić information content (AvgIpc) is 3.03. The molecule has 0 fully saturated rings. The van der Waals surface area contributed by atoms with E-state index in [1.54, 1.807) is 12.1 Å². The van der Waals surface area contributed by atoms with Crippen molar-refractivity contribution in [1.29, 1.82) is 0 Å². The normalized spacial score (nSPS) is 13.6. The predicted molar refractivity (Wildman–Crippen MR) is 99.3 cm³/mol. The monoisotopic (exact) mass is 429 g/mol. The zero-order valence-electron chi connectivity index (χ0n) is 14.9. The van der Waals surface area contributed by atoms with Crippen LogP contribution in [0.1, 0.15) is 17.0 Å². The lowest BCUT2D eigenvalue weighted by atomic mass is 10.0. The average molecular weight is 430 g/mol. The summed E-state index contributed by atoms with van der Waals surface area (Å²) in [4.78, 5) is 13.6. The van der Waals surface area contributed by atoms with E-state index in [1.165, 1.54) is 6.07 Å². The van der Waals surface area contributed by atoms with Crippen LogP contribution in [-0.4, -0.2) is 33.3 Å². The molecular weight excluding hydrogens is 414 g/mol. The highest BCUT2D eigenvalue weighted by Gasteiger charge is 2.38. The summed E-state index contributed by atoms with van der Waals surface area (Å²) >= 11 is 5.83. The van der Waals surface area contributed by atoms with Crippen molar-refractivity contribution >= 4 is 28.6 Å². The van der Waals surface area contributed by atoms with Gasteiger partial charge in [-0.05, 0) is 29.3 Å². The van der Waals surface area contributed by atoms with E-state index in [4.69, 9.17) is 21.5 Å². The molecule has 0 spiro atoms. The number of halogens is 5. The maximum atomic E-state index is 14.1. The Morgan fingerprint density at radius 1 is 1.24 bits per heavy atom. The molecule has 0 bridgehead atoms. The summed E-state index contributed by atoms with van der Waals surface area (Å²) in [6.07, 6.45) is -4.54. The van der Waals surface area contributed by atoms with Crippen LogP contribution in [0.15, 0.2) is 36.4 Å². The number of benzene rings is 2. The molecule has 0 unspecified atom stereocenters. The third-order valence-corrected chi connectivity index (χ3v) is 4.60. The van der Waals surface area contributed by atoms with Gasteiger partial charge in [0.2, 0.25) is 0 Å². The first kappa shape index (κ1) is 21.1. The Morgan fingerprint density at radius 2 is 1.97 bits per heavy atom. The number of alkyl halides is 3. The van der Waals surface area contributed by atoms with Gasteiger partial charge in [-0.1, -0.05) is 29.8 Å². The number of carbonyl (C=O) groups is 1. The molecule has 2 aromatic carbocycles. The number of imidazole rings is 1. The van der Waals surface area contributed by atoms with Crippen LogP contribution >= 0.6 is 11.6 Å². The summed E-state index contributed by atoms with van der Waals surface area (Å²) in [6.45, 7) is 2.61. The van der Waals surface area contributed by atoms with Crippen molar-refractivity contribution in [2.24, 2.45) is 0 Å². The van der Waals surface area contributed by atoms with E-state index in [0.29, 0.717) is 17.0 Å². The van der Waals surface area contributed by atoms with Crippen molar-refractivity contribution in [3.63, 3.8) is 0 Å². The van der Waals surface area contributed by atoms with Crippen LogP contribution in [0.25, 0.3) is 11.0 Å². The summed E-state index contributed by atoms with van der Waals surface area (Å²) in [5.41, 5.74) is 3.85. The van der Waals surface area contributed by atoms with Crippen molar-refractivity contribution < 1.29 is 27.5 Å². The first-order valence-electron chi connectivity index (χ1n) is 8.58. The Hall–Kier alpha value is -2.65. The molecule has 5 nitrogen and oxygen atoms in total. The molecule has 0 aliphatic carbocycles. The standard InChI is InChI=1S/C17H15ClFN3.C2HF3O2/c18-13-5-4-11(14(19)9-13)8-12-2-1-3-15-17(12)22-7-6-20-10-16(22)21-15;3-2(4,5)1(6)7/h1-5,9,20H,6-8,10H2;(H,6,7).